The lowest BCUT2D eigenvalue weighted by Crippen LogP contribution is -1.97. The standard InChI is InChI=1S/C5H8O2.Al.3FH/c1-4(6)3-5(2)7;;;;/h3H2,1-2H3;;3*1H/q;+3;;;/p-3. The molecule has 0 aromatic rings. The molecule has 0 saturated carbocycles. The van der Waals surface area contributed by atoms with Gasteiger partial charge in [-0.25, -0.2) is 0 Å². The Balaban J connectivity index is 0. The van der Waals surface area contributed by atoms with Crippen LogP contribution in [-0.4, -0.2) is 27.1 Å². The number of hydrogen-bond acceptors (Lipinski definition) is 2. The number of ketones is 2. The van der Waals surface area contributed by atoms with Crippen molar-refractivity contribution in [1.29, 1.82) is 0 Å². The first kappa shape index (κ1) is 13.3. The third kappa shape index (κ3) is 42.3. The highest BCUT2D eigenvalue weighted by Crippen LogP contribution is 1.80. The molecule has 0 aromatic heterocycles. The van der Waals surface area contributed by atoms with Gasteiger partial charge in [0.2, 0.25) is 0 Å². The van der Waals surface area contributed by atoms with Crippen LogP contribution in [0, 0.1) is 0 Å². The zero-order valence-corrected chi connectivity index (χ0v) is 7.39. The molecule has 0 heterocycles. The molecule has 0 N–H and O–H groups in total. The van der Waals surface area contributed by atoms with Crippen molar-refractivity contribution in [2.45, 2.75) is 20.3 Å². The van der Waals surface area contributed by atoms with Crippen molar-refractivity contribution in [3.8, 4) is 0 Å². The summed E-state index contributed by atoms with van der Waals surface area (Å²) in [7, 11) is 0. The summed E-state index contributed by atoms with van der Waals surface area (Å²) in [6.07, 6.45) is 0.0833. The number of halogens is 3. The average Bonchev–Trinajstić information content (AvgIpc) is 1.56. The number of carbonyl (C=O) groups is 2. The minimum absolute atomic E-state index is 0.0625. The van der Waals surface area contributed by atoms with Crippen LogP contribution >= 0.6 is 0 Å². The van der Waals surface area contributed by atoms with Crippen molar-refractivity contribution in [2.24, 2.45) is 0 Å². The molecule has 0 fully saturated rings. The number of rotatable bonds is 2. The Morgan fingerprint density at radius 2 is 1.27 bits per heavy atom. The van der Waals surface area contributed by atoms with E-state index in [-0.39, 0.29) is 18.0 Å². The zero-order chi connectivity index (χ0) is 9.44. The van der Waals surface area contributed by atoms with Crippen molar-refractivity contribution in [3.63, 3.8) is 0 Å². The SMILES string of the molecule is CC(=O)CC(C)=O.[F][Al]([F])[F]. The highest BCUT2D eigenvalue weighted by molar-refractivity contribution is 6.33. The number of carbonyl (C=O) groups excluding carboxylic acids is 2. The predicted octanol–water partition coefficient (Wildman–Crippen LogP) is 1.43. The van der Waals surface area contributed by atoms with Crippen molar-refractivity contribution < 1.29 is 20.2 Å². The van der Waals surface area contributed by atoms with Gasteiger partial charge in [-0.15, -0.1) is 0 Å². The molecule has 0 atom stereocenters. The van der Waals surface area contributed by atoms with E-state index in [1.165, 1.54) is 13.8 Å². The second-order valence-corrected chi connectivity index (χ2v) is 2.32. The summed E-state index contributed by atoms with van der Waals surface area (Å²) in [5.41, 5.74) is 0. The second-order valence-electron chi connectivity index (χ2n) is 1.83. The maximum atomic E-state index is 10.0. The molecule has 0 saturated heterocycles. The van der Waals surface area contributed by atoms with Gasteiger partial charge in [-0.05, 0) is 13.8 Å². The molecule has 0 spiro atoms. The van der Waals surface area contributed by atoms with Crippen LogP contribution in [0.4, 0.5) is 10.6 Å². The lowest BCUT2D eigenvalue weighted by Gasteiger charge is -1.81. The van der Waals surface area contributed by atoms with E-state index in [4.69, 9.17) is 0 Å². The zero-order valence-electron chi connectivity index (χ0n) is 6.23. The predicted molar refractivity (Wildman–Crippen MR) is 35.1 cm³/mol. The van der Waals surface area contributed by atoms with Crippen LogP contribution in [0.2, 0.25) is 0 Å². The van der Waals surface area contributed by atoms with Crippen LogP contribution in [0.15, 0.2) is 0 Å². The molecule has 0 aliphatic rings. The molecular formula is C5H8AlF3O2. The smallest absolute Gasteiger partial charge is 0.346 e. The maximum Gasteiger partial charge on any atom is 1.04 e. The minimum Gasteiger partial charge on any atom is -0.346 e. The third-order valence-electron chi connectivity index (χ3n) is 0.498. The van der Waals surface area contributed by atoms with Crippen molar-refractivity contribution in [2.75, 3.05) is 0 Å². The summed E-state index contributed by atoms with van der Waals surface area (Å²) < 4.78 is 29.4. The fourth-order valence-corrected chi connectivity index (χ4v) is 0.351. The summed E-state index contributed by atoms with van der Waals surface area (Å²) in [4.78, 5) is 20.1. The Morgan fingerprint density at radius 3 is 1.27 bits per heavy atom. The molecule has 0 amide bonds. The van der Waals surface area contributed by atoms with Gasteiger partial charge in [0.05, 0.1) is 6.42 Å². The molecule has 2 nitrogen and oxygen atoms in total. The third-order valence-corrected chi connectivity index (χ3v) is 0.498. The van der Waals surface area contributed by atoms with Gasteiger partial charge in [0, 0.05) is 0 Å². The van der Waals surface area contributed by atoms with E-state index in [2.05, 4.69) is 0 Å². The van der Waals surface area contributed by atoms with Crippen LogP contribution in [0.1, 0.15) is 20.3 Å². The topological polar surface area (TPSA) is 34.1 Å². The monoisotopic (exact) mass is 184 g/mol. The first-order chi connectivity index (χ1) is 4.86. The fraction of sp³-hybridized carbons (Fsp3) is 0.600. The summed E-state index contributed by atoms with van der Waals surface area (Å²) in [6.45, 7) is 2.81. The fourth-order valence-electron chi connectivity index (χ4n) is 0.351. The Hall–Kier alpha value is -0.338. The van der Waals surface area contributed by atoms with Crippen molar-refractivity contribution in [3.05, 3.63) is 0 Å². The molecule has 0 radical (unpaired) electrons. The summed E-state index contributed by atoms with van der Waals surface area (Å²) in [5, 5.41) is 0. The molecule has 6 heteroatoms. The van der Waals surface area contributed by atoms with E-state index < -0.39 is 15.5 Å². The van der Waals surface area contributed by atoms with Gasteiger partial charge < -0.3 is 10.6 Å². The Kier molecular flexibility index (Phi) is 9.37. The van der Waals surface area contributed by atoms with Crippen LogP contribution < -0.4 is 0 Å². The summed E-state index contributed by atoms with van der Waals surface area (Å²) in [5.74, 6) is -0.125. The summed E-state index contributed by atoms with van der Waals surface area (Å²) in [6, 6.07) is 0. The normalized spacial score (nSPS) is 7.73. The van der Waals surface area contributed by atoms with Gasteiger partial charge in [0.25, 0.3) is 0 Å². The average molecular weight is 184 g/mol. The molecule has 64 valence electrons. The molecule has 0 aliphatic heterocycles. The van der Waals surface area contributed by atoms with Crippen LogP contribution in [0.25, 0.3) is 0 Å². The molecule has 0 aromatic carbocycles. The van der Waals surface area contributed by atoms with E-state index in [1.807, 2.05) is 0 Å². The second kappa shape index (κ2) is 7.77. The molecule has 11 heavy (non-hydrogen) atoms. The highest BCUT2D eigenvalue weighted by Gasteiger charge is 2.21. The molecule has 0 rings (SSSR count). The van der Waals surface area contributed by atoms with E-state index in [0.717, 1.165) is 0 Å². The lowest BCUT2D eigenvalue weighted by atomic mass is 10.2. The Bertz CT molecular complexity index is 123. The van der Waals surface area contributed by atoms with Gasteiger partial charge in [0.15, 0.2) is 0 Å². The van der Waals surface area contributed by atoms with Gasteiger partial charge in [-0.2, -0.15) is 0 Å². The molecular weight excluding hydrogens is 176 g/mol. The van der Waals surface area contributed by atoms with Gasteiger partial charge in [-0.1, -0.05) is 0 Å². The molecule has 0 aliphatic carbocycles. The number of Topliss-reactive ketones (excluding diaryl/α,β-unsaturated/α-hetero) is 2. The van der Waals surface area contributed by atoms with E-state index in [0.29, 0.717) is 0 Å². The maximum absolute atomic E-state index is 10.0. The quantitative estimate of drug-likeness (QED) is 0.480. The van der Waals surface area contributed by atoms with Gasteiger partial charge in [0.1, 0.15) is 11.6 Å². The van der Waals surface area contributed by atoms with Crippen molar-refractivity contribution >= 4 is 27.1 Å². The largest absolute Gasteiger partial charge is 1.04 e. The van der Waals surface area contributed by atoms with Crippen LogP contribution in [0.5, 0.6) is 0 Å². The van der Waals surface area contributed by atoms with Crippen molar-refractivity contribution in [1.82, 2.24) is 0 Å². The van der Waals surface area contributed by atoms with E-state index in [9.17, 15) is 20.2 Å². The Labute approximate surface area is 68.2 Å². The molecule has 0 unspecified atom stereocenters. The Morgan fingerprint density at radius 1 is 1.09 bits per heavy atom. The minimum atomic E-state index is -4.64. The highest BCUT2D eigenvalue weighted by atomic mass is 27.3. The summed E-state index contributed by atoms with van der Waals surface area (Å²) >= 11 is -4.64. The first-order valence-corrected chi connectivity index (χ1v) is 4.08. The van der Waals surface area contributed by atoms with Gasteiger partial charge >= 0.3 is 15.5 Å². The van der Waals surface area contributed by atoms with Crippen LogP contribution in [0.3, 0.4) is 0 Å². The molecule has 0 bridgehead atoms. The lowest BCUT2D eigenvalue weighted by molar-refractivity contribution is -0.124. The van der Waals surface area contributed by atoms with E-state index >= 15 is 0 Å². The first-order valence-electron chi connectivity index (χ1n) is 2.77. The van der Waals surface area contributed by atoms with E-state index in [1.54, 1.807) is 0 Å². The van der Waals surface area contributed by atoms with Crippen LogP contribution in [-0.2, 0) is 9.59 Å². The van der Waals surface area contributed by atoms with Gasteiger partial charge in [-0.3, -0.25) is 9.59 Å². The number of hydrogen-bond donors (Lipinski definition) is 0.